The highest BCUT2D eigenvalue weighted by Gasteiger charge is 2.10. The number of benzene rings is 1. The standard InChI is InChI=1S/C16H20N2O2S/c1-3-4-9-18(2)16(19)13-5-7-15(8-6-13)20-10-14-11-21-12-17-14/h5-8,11-12H,3-4,9-10H2,1-2H3. The van der Waals surface area contributed by atoms with Crippen LogP contribution >= 0.6 is 11.3 Å². The van der Waals surface area contributed by atoms with E-state index >= 15 is 0 Å². The molecule has 0 fully saturated rings. The summed E-state index contributed by atoms with van der Waals surface area (Å²) in [5, 5.41) is 1.96. The maximum atomic E-state index is 12.2. The smallest absolute Gasteiger partial charge is 0.253 e. The first-order chi connectivity index (χ1) is 10.2. The zero-order valence-electron chi connectivity index (χ0n) is 12.4. The van der Waals surface area contributed by atoms with Crippen LogP contribution in [0.3, 0.4) is 0 Å². The second-order valence-electron chi connectivity index (χ2n) is 4.87. The lowest BCUT2D eigenvalue weighted by molar-refractivity contribution is 0.0793. The van der Waals surface area contributed by atoms with Gasteiger partial charge in [0.15, 0.2) is 0 Å². The van der Waals surface area contributed by atoms with Crippen LogP contribution in [-0.4, -0.2) is 29.4 Å². The monoisotopic (exact) mass is 304 g/mol. The molecule has 5 heteroatoms. The summed E-state index contributed by atoms with van der Waals surface area (Å²) in [7, 11) is 1.84. The quantitative estimate of drug-likeness (QED) is 0.785. The summed E-state index contributed by atoms with van der Waals surface area (Å²) >= 11 is 1.55. The van der Waals surface area contributed by atoms with E-state index < -0.39 is 0 Å². The van der Waals surface area contributed by atoms with E-state index in [1.807, 2.05) is 24.6 Å². The number of thiazole rings is 1. The van der Waals surface area contributed by atoms with E-state index in [0.29, 0.717) is 12.2 Å². The topological polar surface area (TPSA) is 42.4 Å². The van der Waals surface area contributed by atoms with Gasteiger partial charge in [-0.25, -0.2) is 4.98 Å². The Balaban J connectivity index is 1.90. The van der Waals surface area contributed by atoms with Gasteiger partial charge in [0, 0.05) is 24.5 Å². The van der Waals surface area contributed by atoms with Crippen molar-refractivity contribution in [1.29, 1.82) is 0 Å². The number of nitrogens with zero attached hydrogens (tertiary/aromatic N) is 2. The third-order valence-corrected chi connectivity index (χ3v) is 3.80. The van der Waals surface area contributed by atoms with Gasteiger partial charge in [-0.1, -0.05) is 13.3 Å². The first kappa shape index (κ1) is 15.5. The van der Waals surface area contributed by atoms with Crippen LogP contribution in [0, 0.1) is 0 Å². The minimum atomic E-state index is 0.0505. The van der Waals surface area contributed by atoms with E-state index in [1.165, 1.54) is 0 Å². The van der Waals surface area contributed by atoms with Gasteiger partial charge in [0.2, 0.25) is 0 Å². The van der Waals surface area contributed by atoms with Crippen molar-refractivity contribution in [3.63, 3.8) is 0 Å². The average molecular weight is 304 g/mol. The van der Waals surface area contributed by atoms with Gasteiger partial charge in [-0.05, 0) is 30.7 Å². The molecule has 0 atom stereocenters. The number of aromatic nitrogens is 1. The zero-order chi connectivity index (χ0) is 15.1. The minimum Gasteiger partial charge on any atom is -0.487 e. The molecule has 0 spiro atoms. The Bertz CT molecular complexity index is 552. The molecule has 0 N–H and O–H groups in total. The Morgan fingerprint density at radius 1 is 1.33 bits per heavy atom. The Hall–Kier alpha value is -1.88. The third-order valence-electron chi connectivity index (χ3n) is 3.17. The molecule has 0 bridgehead atoms. The van der Waals surface area contributed by atoms with Crippen LogP contribution in [0.2, 0.25) is 0 Å². The van der Waals surface area contributed by atoms with Crippen molar-refractivity contribution in [3.05, 3.63) is 46.4 Å². The normalized spacial score (nSPS) is 10.4. The molecule has 112 valence electrons. The maximum absolute atomic E-state index is 12.2. The molecule has 0 unspecified atom stereocenters. The van der Waals surface area contributed by atoms with Crippen LogP contribution < -0.4 is 4.74 Å². The second kappa shape index (κ2) is 7.78. The molecule has 0 radical (unpaired) electrons. The summed E-state index contributed by atoms with van der Waals surface area (Å²) in [6.45, 7) is 3.36. The Labute approximate surface area is 129 Å². The van der Waals surface area contributed by atoms with Crippen molar-refractivity contribution in [1.82, 2.24) is 9.88 Å². The number of amides is 1. The van der Waals surface area contributed by atoms with Crippen LogP contribution in [0.25, 0.3) is 0 Å². The van der Waals surface area contributed by atoms with Crippen LogP contribution in [0.1, 0.15) is 35.8 Å². The van der Waals surface area contributed by atoms with E-state index in [4.69, 9.17) is 4.74 Å². The molecule has 1 amide bonds. The van der Waals surface area contributed by atoms with Crippen molar-refractivity contribution in [3.8, 4) is 5.75 Å². The van der Waals surface area contributed by atoms with Gasteiger partial charge in [0.05, 0.1) is 11.2 Å². The van der Waals surface area contributed by atoms with Crippen molar-refractivity contribution < 1.29 is 9.53 Å². The van der Waals surface area contributed by atoms with Gasteiger partial charge in [-0.15, -0.1) is 11.3 Å². The largest absolute Gasteiger partial charge is 0.487 e. The average Bonchev–Trinajstić information content (AvgIpc) is 3.04. The highest BCUT2D eigenvalue weighted by atomic mass is 32.1. The Morgan fingerprint density at radius 2 is 2.10 bits per heavy atom. The molecular formula is C16H20N2O2S. The van der Waals surface area contributed by atoms with Crippen molar-refractivity contribution in [2.75, 3.05) is 13.6 Å². The Kier molecular flexibility index (Phi) is 5.75. The van der Waals surface area contributed by atoms with Crippen molar-refractivity contribution in [2.45, 2.75) is 26.4 Å². The summed E-state index contributed by atoms with van der Waals surface area (Å²) in [6.07, 6.45) is 2.11. The van der Waals surface area contributed by atoms with Gasteiger partial charge in [0.1, 0.15) is 12.4 Å². The predicted octanol–water partition coefficient (Wildman–Crippen LogP) is 3.59. The summed E-state index contributed by atoms with van der Waals surface area (Å²) in [5.74, 6) is 0.797. The number of carbonyl (C=O) groups is 1. The predicted molar refractivity (Wildman–Crippen MR) is 84.8 cm³/mol. The molecule has 0 saturated carbocycles. The van der Waals surface area contributed by atoms with Crippen molar-refractivity contribution >= 4 is 17.2 Å². The van der Waals surface area contributed by atoms with Gasteiger partial charge in [0.25, 0.3) is 5.91 Å². The van der Waals surface area contributed by atoms with Gasteiger partial charge >= 0.3 is 0 Å². The van der Waals surface area contributed by atoms with E-state index in [2.05, 4.69) is 11.9 Å². The molecule has 2 rings (SSSR count). The zero-order valence-corrected chi connectivity index (χ0v) is 13.2. The van der Waals surface area contributed by atoms with Crippen LogP contribution in [-0.2, 0) is 6.61 Å². The molecule has 0 aliphatic carbocycles. The molecule has 0 aliphatic rings. The number of unbranched alkanes of at least 4 members (excludes halogenated alkanes) is 1. The summed E-state index contributed by atoms with van der Waals surface area (Å²) in [5.41, 5.74) is 3.39. The van der Waals surface area contributed by atoms with Gasteiger partial charge < -0.3 is 9.64 Å². The van der Waals surface area contributed by atoms with Gasteiger partial charge in [-0.3, -0.25) is 4.79 Å². The van der Waals surface area contributed by atoms with Gasteiger partial charge in [-0.2, -0.15) is 0 Å². The molecule has 1 heterocycles. The second-order valence-corrected chi connectivity index (χ2v) is 5.59. The first-order valence-electron chi connectivity index (χ1n) is 7.06. The summed E-state index contributed by atoms with van der Waals surface area (Å²) in [4.78, 5) is 18.1. The maximum Gasteiger partial charge on any atom is 0.253 e. The van der Waals surface area contributed by atoms with Crippen LogP contribution in [0.4, 0.5) is 0 Å². The van der Waals surface area contributed by atoms with Crippen LogP contribution in [0.5, 0.6) is 5.75 Å². The lowest BCUT2D eigenvalue weighted by atomic mass is 10.2. The van der Waals surface area contributed by atoms with E-state index in [1.54, 1.807) is 33.9 Å². The fourth-order valence-electron chi connectivity index (χ4n) is 1.88. The third kappa shape index (κ3) is 4.56. The summed E-state index contributed by atoms with van der Waals surface area (Å²) in [6, 6.07) is 7.27. The lowest BCUT2D eigenvalue weighted by Crippen LogP contribution is -2.27. The molecule has 2 aromatic rings. The highest BCUT2D eigenvalue weighted by Crippen LogP contribution is 2.15. The number of rotatable bonds is 7. The number of ether oxygens (including phenoxy) is 1. The lowest BCUT2D eigenvalue weighted by Gasteiger charge is -2.16. The minimum absolute atomic E-state index is 0.0505. The number of hydrogen-bond acceptors (Lipinski definition) is 4. The van der Waals surface area contributed by atoms with E-state index in [0.717, 1.165) is 30.8 Å². The molecule has 21 heavy (non-hydrogen) atoms. The van der Waals surface area contributed by atoms with E-state index in [-0.39, 0.29) is 5.91 Å². The highest BCUT2D eigenvalue weighted by molar-refractivity contribution is 7.07. The fourth-order valence-corrected chi connectivity index (χ4v) is 2.42. The molecule has 0 aliphatic heterocycles. The summed E-state index contributed by atoms with van der Waals surface area (Å²) < 4.78 is 5.63. The molecule has 1 aromatic carbocycles. The molecule has 1 aromatic heterocycles. The SMILES string of the molecule is CCCCN(C)C(=O)c1ccc(OCc2cscn2)cc1. The van der Waals surface area contributed by atoms with E-state index in [9.17, 15) is 4.79 Å². The first-order valence-corrected chi connectivity index (χ1v) is 8.00. The molecular weight excluding hydrogens is 284 g/mol. The number of carbonyl (C=O) groups excluding carboxylic acids is 1. The molecule has 0 saturated heterocycles. The van der Waals surface area contributed by atoms with Crippen LogP contribution in [0.15, 0.2) is 35.2 Å². The molecule has 4 nitrogen and oxygen atoms in total. The fraction of sp³-hybridized carbons (Fsp3) is 0.375. The van der Waals surface area contributed by atoms with Crippen molar-refractivity contribution in [2.24, 2.45) is 0 Å². The number of hydrogen-bond donors (Lipinski definition) is 0. The Morgan fingerprint density at radius 3 is 2.71 bits per heavy atom.